The van der Waals surface area contributed by atoms with Crippen LogP contribution in [0.25, 0.3) is 0 Å². The lowest BCUT2D eigenvalue weighted by Gasteiger charge is -2.12. The van der Waals surface area contributed by atoms with Gasteiger partial charge in [0, 0.05) is 0 Å². The van der Waals surface area contributed by atoms with Crippen LogP contribution in [0.4, 0.5) is 11.5 Å². The van der Waals surface area contributed by atoms with Crippen molar-refractivity contribution in [1.29, 1.82) is 0 Å². The highest BCUT2D eigenvalue weighted by molar-refractivity contribution is 6.34. The van der Waals surface area contributed by atoms with Crippen molar-refractivity contribution in [2.45, 2.75) is 6.92 Å². The Morgan fingerprint density at radius 1 is 1.28 bits per heavy atom. The Morgan fingerprint density at radius 2 is 2.06 bits per heavy atom. The Labute approximate surface area is 114 Å². The third-order valence-corrected chi connectivity index (χ3v) is 3.03. The smallest absolute Gasteiger partial charge is 0.156 e. The molecule has 0 aliphatic rings. The quantitative estimate of drug-likeness (QED) is 0.689. The highest BCUT2D eigenvalue weighted by Gasteiger charge is 2.11. The van der Waals surface area contributed by atoms with Gasteiger partial charge < -0.3 is 5.32 Å². The number of anilines is 2. The molecule has 1 aromatic heterocycles. The summed E-state index contributed by atoms with van der Waals surface area (Å²) in [6.45, 7) is 1.90. The molecule has 2 rings (SSSR count). The number of hydrogen-bond donors (Lipinski definition) is 1. The highest BCUT2D eigenvalue weighted by atomic mass is 35.5. The van der Waals surface area contributed by atoms with E-state index in [0.717, 1.165) is 5.56 Å². The van der Waals surface area contributed by atoms with Gasteiger partial charge in [-0.1, -0.05) is 35.3 Å². The first-order valence-corrected chi connectivity index (χ1v) is 5.87. The molecule has 0 atom stereocenters. The Balaban J connectivity index is 2.46. The molecule has 0 spiro atoms. The summed E-state index contributed by atoms with van der Waals surface area (Å²) in [4.78, 5) is 18.7. The summed E-state index contributed by atoms with van der Waals surface area (Å²) in [6, 6.07) is 5.49. The second-order valence-corrected chi connectivity index (χ2v) is 4.37. The number of aryl methyl sites for hydroxylation is 1. The van der Waals surface area contributed by atoms with Crippen LogP contribution in [0, 0.1) is 6.92 Å². The number of aldehydes is 1. The molecule has 1 N–H and O–H groups in total. The largest absolute Gasteiger partial charge is 0.338 e. The van der Waals surface area contributed by atoms with Crippen molar-refractivity contribution in [3.63, 3.8) is 0 Å². The number of para-hydroxylation sites is 1. The van der Waals surface area contributed by atoms with Crippen LogP contribution in [-0.4, -0.2) is 16.3 Å². The van der Waals surface area contributed by atoms with Gasteiger partial charge in [0.15, 0.2) is 6.29 Å². The Bertz CT molecular complexity index is 582. The molecule has 0 unspecified atom stereocenters. The summed E-state index contributed by atoms with van der Waals surface area (Å²) in [5.74, 6) is 0.334. The van der Waals surface area contributed by atoms with Crippen LogP contribution in [0.2, 0.25) is 10.2 Å². The molecule has 18 heavy (non-hydrogen) atoms. The number of carbonyl (C=O) groups excluding carboxylic acids is 1. The average Bonchev–Trinajstić information content (AvgIpc) is 2.34. The fraction of sp³-hybridized carbons (Fsp3) is 0.0833. The van der Waals surface area contributed by atoms with Gasteiger partial charge in [-0.15, -0.1) is 0 Å². The van der Waals surface area contributed by atoms with Crippen molar-refractivity contribution in [2.24, 2.45) is 0 Å². The molecule has 2 aromatic rings. The number of hydrogen-bond acceptors (Lipinski definition) is 4. The van der Waals surface area contributed by atoms with Gasteiger partial charge in [-0.25, -0.2) is 9.97 Å². The molecule has 0 aliphatic heterocycles. The van der Waals surface area contributed by atoms with Crippen LogP contribution in [0.1, 0.15) is 15.9 Å². The lowest BCUT2D eigenvalue weighted by atomic mass is 10.2. The van der Waals surface area contributed by atoms with Gasteiger partial charge in [0.05, 0.1) is 16.3 Å². The number of carbonyl (C=O) groups is 1. The standard InChI is InChI=1S/C12H9Cl2N3O/c1-7-3-2-4-9(13)10(7)17-12-8(5-18)11(14)15-6-16-12/h2-6H,1H3,(H,15,16,17). The number of aromatic nitrogens is 2. The maximum absolute atomic E-state index is 11.0. The molecule has 4 nitrogen and oxygen atoms in total. The first-order valence-electron chi connectivity index (χ1n) is 5.11. The molecular weight excluding hydrogens is 273 g/mol. The fourth-order valence-electron chi connectivity index (χ4n) is 1.49. The fourth-order valence-corrected chi connectivity index (χ4v) is 1.93. The molecular formula is C12H9Cl2N3O. The van der Waals surface area contributed by atoms with Gasteiger partial charge in [-0.05, 0) is 18.6 Å². The van der Waals surface area contributed by atoms with E-state index >= 15 is 0 Å². The molecule has 0 aliphatic carbocycles. The van der Waals surface area contributed by atoms with Crippen LogP contribution in [0.15, 0.2) is 24.5 Å². The van der Waals surface area contributed by atoms with Gasteiger partial charge in [-0.3, -0.25) is 4.79 Å². The van der Waals surface area contributed by atoms with Gasteiger partial charge in [0.25, 0.3) is 0 Å². The maximum Gasteiger partial charge on any atom is 0.156 e. The molecule has 0 saturated carbocycles. The van der Waals surface area contributed by atoms with Crippen molar-refractivity contribution in [1.82, 2.24) is 9.97 Å². The average molecular weight is 282 g/mol. The van der Waals surface area contributed by atoms with E-state index in [1.165, 1.54) is 6.33 Å². The normalized spacial score (nSPS) is 10.2. The van der Waals surface area contributed by atoms with Crippen molar-refractivity contribution in [2.75, 3.05) is 5.32 Å². The van der Waals surface area contributed by atoms with Gasteiger partial charge in [0.2, 0.25) is 0 Å². The van der Waals surface area contributed by atoms with E-state index in [4.69, 9.17) is 23.2 Å². The summed E-state index contributed by atoms with van der Waals surface area (Å²) in [7, 11) is 0. The van der Waals surface area contributed by atoms with Crippen molar-refractivity contribution in [3.8, 4) is 0 Å². The van der Waals surface area contributed by atoms with Crippen molar-refractivity contribution in [3.05, 3.63) is 45.8 Å². The second kappa shape index (κ2) is 5.33. The van der Waals surface area contributed by atoms with Crippen LogP contribution < -0.4 is 5.32 Å². The molecule has 6 heteroatoms. The van der Waals surface area contributed by atoms with Crippen LogP contribution in [0.3, 0.4) is 0 Å². The summed E-state index contributed by atoms with van der Waals surface area (Å²) >= 11 is 11.9. The molecule has 0 amide bonds. The zero-order valence-electron chi connectivity index (χ0n) is 9.45. The van der Waals surface area contributed by atoms with E-state index in [1.54, 1.807) is 6.07 Å². The Hall–Kier alpha value is -1.65. The third kappa shape index (κ3) is 2.44. The highest BCUT2D eigenvalue weighted by Crippen LogP contribution is 2.29. The SMILES string of the molecule is Cc1cccc(Cl)c1Nc1ncnc(Cl)c1C=O. The minimum Gasteiger partial charge on any atom is -0.338 e. The Kier molecular flexibility index (Phi) is 3.79. The first-order chi connectivity index (χ1) is 8.63. The minimum absolute atomic E-state index is 0.104. The first kappa shape index (κ1) is 12.8. The van der Waals surface area contributed by atoms with E-state index in [0.29, 0.717) is 22.8 Å². The predicted molar refractivity (Wildman–Crippen MR) is 71.9 cm³/mol. The van der Waals surface area contributed by atoms with E-state index in [2.05, 4.69) is 15.3 Å². The molecule has 1 heterocycles. The molecule has 0 bridgehead atoms. The number of nitrogens with zero attached hydrogens (tertiary/aromatic N) is 2. The number of halogens is 2. The van der Waals surface area contributed by atoms with Crippen molar-refractivity contribution < 1.29 is 4.79 Å². The topological polar surface area (TPSA) is 54.9 Å². The van der Waals surface area contributed by atoms with E-state index in [9.17, 15) is 4.79 Å². The van der Waals surface area contributed by atoms with E-state index in [-0.39, 0.29) is 10.7 Å². The zero-order valence-corrected chi connectivity index (χ0v) is 11.0. The number of nitrogens with one attached hydrogen (secondary N) is 1. The summed E-state index contributed by atoms with van der Waals surface area (Å²) < 4.78 is 0. The van der Waals surface area contributed by atoms with Crippen LogP contribution >= 0.6 is 23.2 Å². The summed E-state index contributed by atoms with van der Waals surface area (Å²) in [5.41, 5.74) is 1.84. The molecule has 92 valence electrons. The number of rotatable bonds is 3. The van der Waals surface area contributed by atoms with E-state index in [1.807, 2.05) is 19.1 Å². The monoisotopic (exact) mass is 281 g/mol. The molecule has 0 radical (unpaired) electrons. The summed E-state index contributed by atoms with van der Waals surface area (Å²) in [5, 5.41) is 3.65. The van der Waals surface area contributed by atoms with Crippen molar-refractivity contribution >= 4 is 41.0 Å². The number of benzene rings is 1. The maximum atomic E-state index is 11.0. The van der Waals surface area contributed by atoms with Crippen LogP contribution in [0.5, 0.6) is 0 Å². The molecule has 0 saturated heterocycles. The zero-order chi connectivity index (χ0) is 13.1. The summed E-state index contributed by atoms with van der Waals surface area (Å²) in [6.07, 6.45) is 1.89. The van der Waals surface area contributed by atoms with Gasteiger partial charge in [-0.2, -0.15) is 0 Å². The minimum atomic E-state index is 0.104. The molecule has 0 fully saturated rings. The molecule has 1 aromatic carbocycles. The second-order valence-electron chi connectivity index (χ2n) is 3.60. The van der Waals surface area contributed by atoms with E-state index < -0.39 is 0 Å². The third-order valence-electron chi connectivity index (χ3n) is 2.42. The predicted octanol–water partition coefficient (Wildman–Crippen LogP) is 3.65. The Morgan fingerprint density at radius 3 is 2.72 bits per heavy atom. The lowest BCUT2D eigenvalue weighted by molar-refractivity contribution is 0.112. The lowest BCUT2D eigenvalue weighted by Crippen LogP contribution is -2.02. The van der Waals surface area contributed by atoms with Gasteiger partial charge >= 0.3 is 0 Å². The van der Waals surface area contributed by atoms with Gasteiger partial charge in [0.1, 0.15) is 17.3 Å². The van der Waals surface area contributed by atoms with Crippen LogP contribution in [-0.2, 0) is 0 Å².